The SMILES string of the molecule is C/C=C(\C=C(/C)C(=O)Nc1cn(C)c(C(=O)OC)n1)c1ccc(N)cc1.CC. The summed E-state index contributed by atoms with van der Waals surface area (Å²) >= 11 is 0. The zero-order valence-corrected chi connectivity index (χ0v) is 17.2. The highest BCUT2D eigenvalue weighted by atomic mass is 16.5. The van der Waals surface area contributed by atoms with Crippen LogP contribution in [0.25, 0.3) is 5.57 Å². The van der Waals surface area contributed by atoms with Gasteiger partial charge in [-0.1, -0.05) is 32.1 Å². The van der Waals surface area contributed by atoms with Crippen LogP contribution in [0.3, 0.4) is 0 Å². The van der Waals surface area contributed by atoms with Crippen molar-refractivity contribution in [3.05, 3.63) is 59.6 Å². The van der Waals surface area contributed by atoms with E-state index in [1.807, 2.05) is 51.1 Å². The highest BCUT2D eigenvalue weighted by molar-refractivity contribution is 6.04. The van der Waals surface area contributed by atoms with Gasteiger partial charge in [-0.3, -0.25) is 4.79 Å². The molecule has 0 atom stereocenters. The van der Waals surface area contributed by atoms with Gasteiger partial charge in [0.2, 0.25) is 5.82 Å². The fourth-order valence-corrected chi connectivity index (χ4v) is 2.33. The van der Waals surface area contributed by atoms with Crippen molar-refractivity contribution in [2.45, 2.75) is 27.7 Å². The van der Waals surface area contributed by atoms with Crippen molar-refractivity contribution < 1.29 is 14.3 Å². The molecule has 7 nitrogen and oxygen atoms in total. The molecule has 0 spiro atoms. The Morgan fingerprint density at radius 1 is 1.21 bits per heavy atom. The number of esters is 1. The molecule has 150 valence electrons. The van der Waals surface area contributed by atoms with Crippen molar-refractivity contribution in [1.82, 2.24) is 9.55 Å². The van der Waals surface area contributed by atoms with E-state index in [9.17, 15) is 9.59 Å². The highest BCUT2D eigenvalue weighted by Crippen LogP contribution is 2.19. The van der Waals surface area contributed by atoms with Crippen molar-refractivity contribution in [3.8, 4) is 0 Å². The van der Waals surface area contributed by atoms with Crippen LogP contribution in [-0.2, 0) is 16.6 Å². The van der Waals surface area contributed by atoms with Gasteiger partial charge in [0.1, 0.15) is 0 Å². The first-order chi connectivity index (χ1) is 13.3. The van der Waals surface area contributed by atoms with Crippen molar-refractivity contribution in [1.29, 1.82) is 0 Å². The third-order valence-corrected chi connectivity index (χ3v) is 3.77. The minimum absolute atomic E-state index is 0.112. The third-order valence-electron chi connectivity index (χ3n) is 3.77. The Labute approximate surface area is 165 Å². The van der Waals surface area contributed by atoms with Crippen LogP contribution in [0, 0.1) is 0 Å². The molecule has 2 rings (SSSR count). The van der Waals surface area contributed by atoms with Gasteiger partial charge < -0.3 is 20.4 Å². The van der Waals surface area contributed by atoms with E-state index in [1.165, 1.54) is 11.7 Å². The number of carbonyl (C=O) groups excluding carboxylic acids is 2. The molecule has 28 heavy (non-hydrogen) atoms. The zero-order chi connectivity index (χ0) is 21.3. The highest BCUT2D eigenvalue weighted by Gasteiger charge is 2.16. The summed E-state index contributed by atoms with van der Waals surface area (Å²) in [6.45, 7) is 7.61. The van der Waals surface area contributed by atoms with Gasteiger partial charge in [-0.05, 0) is 43.2 Å². The van der Waals surface area contributed by atoms with Crippen LogP contribution in [0.2, 0.25) is 0 Å². The number of rotatable bonds is 5. The molecule has 0 unspecified atom stereocenters. The zero-order valence-electron chi connectivity index (χ0n) is 17.2. The van der Waals surface area contributed by atoms with Crippen LogP contribution in [0.4, 0.5) is 11.5 Å². The van der Waals surface area contributed by atoms with E-state index in [1.54, 1.807) is 26.2 Å². The van der Waals surface area contributed by atoms with Gasteiger partial charge in [0, 0.05) is 24.5 Å². The molecule has 0 saturated heterocycles. The van der Waals surface area contributed by atoms with Crippen molar-refractivity contribution in [2.24, 2.45) is 7.05 Å². The number of nitrogens with two attached hydrogens (primary N) is 1. The molecule has 0 fully saturated rings. The van der Waals surface area contributed by atoms with Gasteiger partial charge in [0.05, 0.1) is 7.11 Å². The van der Waals surface area contributed by atoms with E-state index >= 15 is 0 Å². The van der Waals surface area contributed by atoms with Gasteiger partial charge in [0.25, 0.3) is 5.91 Å². The van der Waals surface area contributed by atoms with E-state index in [4.69, 9.17) is 5.73 Å². The van der Waals surface area contributed by atoms with Gasteiger partial charge in [0.15, 0.2) is 5.82 Å². The fourth-order valence-electron chi connectivity index (χ4n) is 2.33. The Morgan fingerprint density at radius 3 is 2.36 bits per heavy atom. The van der Waals surface area contributed by atoms with Crippen LogP contribution in [-0.4, -0.2) is 28.5 Å². The number of carbonyl (C=O) groups is 2. The predicted molar refractivity (Wildman–Crippen MR) is 113 cm³/mol. The van der Waals surface area contributed by atoms with Crippen LogP contribution in [0.15, 0.2) is 48.2 Å². The molecule has 0 saturated carbocycles. The molecule has 1 aromatic heterocycles. The third kappa shape index (κ3) is 5.84. The van der Waals surface area contributed by atoms with E-state index in [0.29, 0.717) is 11.3 Å². The minimum Gasteiger partial charge on any atom is -0.463 e. The minimum atomic E-state index is -0.570. The number of aromatic nitrogens is 2. The summed E-state index contributed by atoms with van der Waals surface area (Å²) in [5.41, 5.74) is 8.74. The number of nitrogens with zero attached hydrogens (tertiary/aromatic N) is 2. The molecule has 2 aromatic rings. The molecule has 0 radical (unpaired) electrons. The molecular formula is C21H28N4O3. The van der Waals surface area contributed by atoms with E-state index in [0.717, 1.165) is 11.1 Å². The monoisotopic (exact) mass is 384 g/mol. The first kappa shape index (κ1) is 22.7. The quantitative estimate of drug-likeness (QED) is 0.353. The maximum atomic E-state index is 12.4. The lowest BCUT2D eigenvalue weighted by Gasteiger charge is -2.06. The second-order valence-corrected chi connectivity index (χ2v) is 5.70. The largest absolute Gasteiger partial charge is 0.463 e. The predicted octanol–water partition coefficient (Wildman–Crippen LogP) is 3.80. The molecule has 7 heteroatoms. The van der Waals surface area contributed by atoms with E-state index in [2.05, 4.69) is 15.0 Å². The van der Waals surface area contributed by atoms with Gasteiger partial charge in [-0.2, -0.15) is 0 Å². The lowest BCUT2D eigenvalue weighted by molar-refractivity contribution is -0.112. The second-order valence-electron chi connectivity index (χ2n) is 5.70. The molecule has 0 aliphatic heterocycles. The second kappa shape index (κ2) is 10.7. The summed E-state index contributed by atoms with van der Waals surface area (Å²) in [5.74, 6) is -0.491. The number of allylic oxidation sites excluding steroid dienone is 3. The van der Waals surface area contributed by atoms with Crippen molar-refractivity contribution in [2.75, 3.05) is 18.2 Å². The van der Waals surface area contributed by atoms with Gasteiger partial charge >= 0.3 is 5.97 Å². The number of nitrogens with one attached hydrogen (secondary N) is 1. The van der Waals surface area contributed by atoms with Gasteiger partial charge in [-0.25, -0.2) is 9.78 Å². The Kier molecular flexibility index (Phi) is 8.68. The molecule has 0 aliphatic carbocycles. The number of benzene rings is 1. The summed E-state index contributed by atoms with van der Waals surface area (Å²) in [4.78, 5) is 28.1. The number of imidazole rings is 1. The molecule has 0 bridgehead atoms. The normalized spacial score (nSPS) is 11.4. The van der Waals surface area contributed by atoms with Crippen molar-refractivity contribution >= 4 is 29.0 Å². The first-order valence-corrected chi connectivity index (χ1v) is 8.99. The molecular weight excluding hydrogens is 356 g/mol. The van der Waals surface area contributed by atoms with E-state index < -0.39 is 5.97 Å². The molecule has 1 amide bonds. The summed E-state index contributed by atoms with van der Waals surface area (Å²) in [6, 6.07) is 7.41. The van der Waals surface area contributed by atoms with Crippen molar-refractivity contribution in [3.63, 3.8) is 0 Å². The molecule has 3 N–H and O–H groups in total. The maximum absolute atomic E-state index is 12.4. The average molecular weight is 384 g/mol. The maximum Gasteiger partial charge on any atom is 0.374 e. The lowest BCUT2D eigenvalue weighted by Crippen LogP contribution is -2.13. The summed E-state index contributed by atoms with van der Waals surface area (Å²) in [5, 5.41) is 2.68. The fraction of sp³-hybridized carbons (Fsp3) is 0.286. The first-order valence-electron chi connectivity index (χ1n) is 8.99. The average Bonchev–Trinajstić information content (AvgIpc) is 3.07. The van der Waals surface area contributed by atoms with Gasteiger partial charge in [-0.15, -0.1) is 0 Å². The number of amides is 1. The Bertz CT molecular complexity index is 878. The Hall–Kier alpha value is -3.35. The summed E-state index contributed by atoms with van der Waals surface area (Å²) in [7, 11) is 2.93. The summed E-state index contributed by atoms with van der Waals surface area (Å²) < 4.78 is 6.14. The summed E-state index contributed by atoms with van der Waals surface area (Å²) in [6.07, 6.45) is 5.25. The Balaban J connectivity index is 0.00000190. The number of ether oxygens (including phenoxy) is 1. The van der Waals surface area contributed by atoms with Crippen LogP contribution in [0.5, 0.6) is 0 Å². The van der Waals surface area contributed by atoms with Crippen LogP contribution < -0.4 is 11.1 Å². The molecule has 0 aliphatic rings. The van der Waals surface area contributed by atoms with E-state index in [-0.39, 0.29) is 17.5 Å². The standard InChI is InChI=1S/C19H22N4O3.C2H6/c1-5-13(14-6-8-15(20)9-7-14)10-12(2)18(24)22-16-11-23(3)17(21-16)19(25)26-4;1-2/h5-11H,20H2,1-4H3,(H,22,24);1-2H3/b12-10+,13-5+;. The number of hydrogen-bond donors (Lipinski definition) is 2. The van der Waals surface area contributed by atoms with Crippen LogP contribution in [0.1, 0.15) is 43.9 Å². The smallest absolute Gasteiger partial charge is 0.374 e. The number of hydrogen-bond acceptors (Lipinski definition) is 5. The number of nitrogen functional groups attached to an aromatic ring is 1. The Morgan fingerprint density at radius 2 is 1.82 bits per heavy atom. The molecule has 1 aromatic carbocycles. The van der Waals surface area contributed by atoms with Crippen LogP contribution >= 0.6 is 0 Å². The lowest BCUT2D eigenvalue weighted by atomic mass is 10.0. The molecule has 1 heterocycles. The number of methoxy groups -OCH3 is 1. The number of anilines is 2. The topological polar surface area (TPSA) is 99.2 Å². The number of aryl methyl sites for hydroxylation is 1.